The van der Waals surface area contributed by atoms with Crippen molar-refractivity contribution in [2.24, 2.45) is 5.92 Å². The van der Waals surface area contributed by atoms with Crippen LogP contribution in [0.15, 0.2) is 0 Å². The number of carbonyl (C=O) groups is 2. The molecular formula is C11H17NO3S. The van der Waals surface area contributed by atoms with Crippen LogP contribution in [0.3, 0.4) is 0 Å². The molecule has 2 aliphatic rings. The fraction of sp³-hybridized carbons (Fsp3) is 0.818. The summed E-state index contributed by atoms with van der Waals surface area (Å²) in [6.45, 7) is 1.66. The second-order valence-corrected chi connectivity index (χ2v) is 5.65. The van der Waals surface area contributed by atoms with E-state index in [4.69, 9.17) is 0 Å². The third kappa shape index (κ3) is 2.90. The molecule has 1 heterocycles. The summed E-state index contributed by atoms with van der Waals surface area (Å²) < 4.78 is 4.59. The van der Waals surface area contributed by atoms with Gasteiger partial charge in [-0.15, -0.1) is 11.8 Å². The highest BCUT2D eigenvalue weighted by molar-refractivity contribution is 8.00. The van der Waals surface area contributed by atoms with Gasteiger partial charge >= 0.3 is 5.97 Å². The molecule has 1 aliphatic heterocycles. The first-order valence-corrected chi connectivity index (χ1v) is 6.73. The Morgan fingerprint density at radius 2 is 2.12 bits per heavy atom. The number of hydrogen-bond acceptors (Lipinski definition) is 4. The number of methoxy groups -OCH3 is 1. The van der Waals surface area contributed by atoms with Gasteiger partial charge in [0.25, 0.3) is 0 Å². The summed E-state index contributed by atoms with van der Waals surface area (Å²) in [5.74, 6) is 0.842. The molecule has 2 rings (SSSR count). The first-order chi connectivity index (χ1) is 7.70. The summed E-state index contributed by atoms with van der Waals surface area (Å²) in [6.07, 6.45) is 3.13. The van der Waals surface area contributed by atoms with Crippen molar-refractivity contribution in [1.29, 1.82) is 0 Å². The number of amides is 1. The summed E-state index contributed by atoms with van der Waals surface area (Å²) in [6, 6.07) is 0. The van der Waals surface area contributed by atoms with Gasteiger partial charge in [0.15, 0.2) is 0 Å². The Balaban J connectivity index is 1.70. The van der Waals surface area contributed by atoms with Crippen molar-refractivity contribution in [2.75, 3.05) is 26.0 Å². The summed E-state index contributed by atoms with van der Waals surface area (Å²) >= 11 is 1.60. The summed E-state index contributed by atoms with van der Waals surface area (Å²) in [5.41, 5.74) is 0. The van der Waals surface area contributed by atoms with Gasteiger partial charge in [0.2, 0.25) is 5.91 Å². The number of likely N-dealkylation sites (tertiary alicyclic amines) is 1. The molecule has 0 N–H and O–H groups in total. The molecule has 0 aromatic heterocycles. The number of nitrogens with zero attached hydrogens (tertiary/aromatic N) is 1. The zero-order valence-corrected chi connectivity index (χ0v) is 10.3. The van der Waals surface area contributed by atoms with Gasteiger partial charge in [-0.3, -0.25) is 9.59 Å². The van der Waals surface area contributed by atoms with Crippen LogP contribution in [0, 0.1) is 5.92 Å². The normalized spacial score (nSPS) is 24.6. The molecule has 0 aromatic rings. The second-order valence-electron chi connectivity index (χ2n) is 4.36. The summed E-state index contributed by atoms with van der Waals surface area (Å²) in [5, 5.41) is 0.404. The van der Waals surface area contributed by atoms with Crippen LogP contribution in [0.2, 0.25) is 0 Å². The van der Waals surface area contributed by atoms with Gasteiger partial charge in [-0.25, -0.2) is 0 Å². The number of thioether (sulfide) groups is 1. The van der Waals surface area contributed by atoms with Gasteiger partial charge in [-0.05, 0) is 19.3 Å². The van der Waals surface area contributed by atoms with E-state index in [0.29, 0.717) is 22.8 Å². The fourth-order valence-corrected chi connectivity index (χ4v) is 2.94. The van der Waals surface area contributed by atoms with Gasteiger partial charge in [-0.1, -0.05) is 0 Å². The van der Waals surface area contributed by atoms with Crippen LogP contribution in [-0.2, 0) is 14.3 Å². The molecule has 16 heavy (non-hydrogen) atoms. The molecule has 90 valence electrons. The minimum atomic E-state index is -0.183. The van der Waals surface area contributed by atoms with Crippen LogP contribution >= 0.6 is 11.8 Å². The van der Waals surface area contributed by atoms with Crippen molar-refractivity contribution >= 4 is 23.6 Å². The lowest BCUT2D eigenvalue weighted by molar-refractivity contribution is -0.137. The molecular weight excluding hydrogens is 226 g/mol. The zero-order valence-electron chi connectivity index (χ0n) is 9.48. The molecule has 1 amide bonds. The van der Waals surface area contributed by atoms with E-state index in [0.717, 1.165) is 32.4 Å². The summed E-state index contributed by atoms with van der Waals surface area (Å²) in [7, 11) is 1.40. The van der Waals surface area contributed by atoms with E-state index in [1.807, 2.05) is 4.90 Å². The SMILES string of the molecule is COC(=O)CS[C@H]1CCN(C(=O)C2CC2)C1. The van der Waals surface area contributed by atoms with Crippen LogP contribution in [0.4, 0.5) is 0 Å². The van der Waals surface area contributed by atoms with Crippen molar-refractivity contribution < 1.29 is 14.3 Å². The number of carbonyl (C=O) groups excluding carboxylic acids is 2. The fourth-order valence-electron chi connectivity index (χ4n) is 1.90. The van der Waals surface area contributed by atoms with Gasteiger partial charge in [0, 0.05) is 24.3 Å². The van der Waals surface area contributed by atoms with Crippen molar-refractivity contribution in [3.63, 3.8) is 0 Å². The van der Waals surface area contributed by atoms with Gasteiger partial charge in [0.1, 0.15) is 0 Å². The third-order valence-corrected chi connectivity index (χ3v) is 4.31. The molecule has 2 fully saturated rings. The first-order valence-electron chi connectivity index (χ1n) is 5.68. The maximum atomic E-state index is 11.8. The Hall–Kier alpha value is -0.710. The number of hydrogen-bond donors (Lipinski definition) is 0. The molecule has 0 spiro atoms. The van der Waals surface area contributed by atoms with Crippen LogP contribution in [0.5, 0.6) is 0 Å². The lowest BCUT2D eigenvalue weighted by Gasteiger charge is -2.15. The molecule has 0 aromatic carbocycles. The molecule has 0 unspecified atom stereocenters. The standard InChI is InChI=1S/C11H17NO3S/c1-15-10(13)7-16-9-4-5-12(6-9)11(14)8-2-3-8/h8-9H,2-7H2,1H3/t9-/m0/s1. The maximum absolute atomic E-state index is 11.8. The topological polar surface area (TPSA) is 46.6 Å². The monoisotopic (exact) mass is 243 g/mol. The Labute approximate surface area is 99.7 Å². The van der Waals surface area contributed by atoms with Crippen molar-refractivity contribution in [2.45, 2.75) is 24.5 Å². The predicted molar refractivity (Wildman–Crippen MR) is 62.2 cm³/mol. The van der Waals surface area contributed by atoms with Crippen molar-refractivity contribution in [3.05, 3.63) is 0 Å². The maximum Gasteiger partial charge on any atom is 0.315 e. The van der Waals surface area contributed by atoms with Crippen LogP contribution in [0.25, 0.3) is 0 Å². The Kier molecular flexibility index (Phi) is 3.74. The van der Waals surface area contributed by atoms with Gasteiger partial charge in [0.05, 0.1) is 12.9 Å². The average molecular weight is 243 g/mol. The molecule has 1 saturated heterocycles. The molecule has 0 bridgehead atoms. The largest absolute Gasteiger partial charge is 0.468 e. The summed E-state index contributed by atoms with van der Waals surface area (Å²) in [4.78, 5) is 24.7. The molecule has 1 saturated carbocycles. The average Bonchev–Trinajstić information content (AvgIpc) is 3.04. The highest BCUT2D eigenvalue weighted by Gasteiger charge is 2.36. The molecule has 4 nitrogen and oxygen atoms in total. The molecule has 1 atom stereocenters. The van der Waals surface area contributed by atoms with Crippen molar-refractivity contribution in [3.8, 4) is 0 Å². The quantitative estimate of drug-likeness (QED) is 0.688. The van der Waals surface area contributed by atoms with Crippen LogP contribution in [-0.4, -0.2) is 48.0 Å². The molecule has 1 aliphatic carbocycles. The van der Waals surface area contributed by atoms with E-state index in [1.165, 1.54) is 7.11 Å². The molecule has 0 radical (unpaired) electrons. The highest BCUT2D eigenvalue weighted by Crippen LogP contribution is 2.33. The zero-order chi connectivity index (χ0) is 11.5. The number of rotatable bonds is 4. The first kappa shape index (κ1) is 11.8. The van der Waals surface area contributed by atoms with Crippen LogP contribution in [0.1, 0.15) is 19.3 Å². The Morgan fingerprint density at radius 1 is 1.38 bits per heavy atom. The highest BCUT2D eigenvalue weighted by atomic mass is 32.2. The van der Waals surface area contributed by atoms with Crippen molar-refractivity contribution in [1.82, 2.24) is 4.90 Å². The van der Waals surface area contributed by atoms with E-state index < -0.39 is 0 Å². The van der Waals surface area contributed by atoms with Gasteiger partial charge < -0.3 is 9.64 Å². The van der Waals surface area contributed by atoms with Crippen LogP contribution < -0.4 is 0 Å². The Morgan fingerprint density at radius 3 is 2.75 bits per heavy atom. The molecule has 5 heteroatoms. The predicted octanol–water partition coefficient (Wildman–Crippen LogP) is 0.903. The van der Waals surface area contributed by atoms with E-state index in [-0.39, 0.29) is 5.97 Å². The van der Waals surface area contributed by atoms with E-state index in [1.54, 1.807) is 11.8 Å². The number of esters is 1. The Bertz CT molecular complexity index is 291. The van der Waals surface area contributed by atoms with Gasteiger partial charge in [-0.2, -0.15) is 0 Å². The lowest BCUT2D eigenvalue weighted by Crippen LogP contribution is -2.30. The minimum Gasteiger partial charge on any atom is -0.468 e. The van der Waals surface area contributed by atoms with E-state index in [2.05, 4.69) is 4.74 Å². The third-order valence-electron chi connectivity index (χ3n) is 3.05. The number of ether oxygens (including phenoxy) is 1. The van der Waals surface area contributed by atoms with E-state index >= 15 is 0 Å². The van der Waals surface area contributed by atoms with E-state index in [9.17, 15) is 9.59 Å². The second kappa shape index (κ2) is 5.08. The smallest absolute Gasteiger partial charge is 0.315 e. The lowest BCUT2D eigenvalue weighted by atomic mass is 10.3. The minimum absolute atomic E-state index is 0.183.